The third-order valence-corrected chi connectivity index (χ3v) is 4.74. The number of amides is 1. The van der Waals surface area contributed by atoms with Crippen LogP contribution in [-0.4, -0.2) is 21.9 Å². The molecule has 0 fully saturated rings. The van der Waals surface area contributed by atoms with E-state index in [0.29, 0.717) is 11.4 Å². The number of nitrogens with zero attached hydrogens (tertiary/aromatic N) is 3. The van der Waals surface area contributed by atoms with E-state index in [2.05, 4.69) is 39.2 Å². The van der Waals surface area contributed by atoms with E-state index < -0.39 is 0 Å². The Kier molecular flexibility index (Phi) is 4.54. The zero-order chi connectivity index (χ0) is 18.8. The minimum absolute atomic E-state index is 0.105. The van der Waals surface area contributed by atoms with Crippen LogP contribution >= 0.6 is 0 Å². The summed E-state index contributed by atoms with van der Waals surface area (Å²) in [6.45, 7) is 2.23. The van der Waals surface area contributed by atoms with E-state index >= 15 is 0 Å². The number of para-hydroxylation sites is 1. The zero-order valence-corrected chi connectivity index (χ0v) is 14.9. The lowest BCUT2D eigenvalue weighted by Crippen LogP contribution is -2.27. The van der Waals surface area contributed by atoms with Gasteiger partial charge in [0.2, 0.25) is 0 Å². The zero-order valence-electron chi connectivity index (χ0n) is 14.9. The van der Waals surface area contributed by atoms with E-state index in [9.17, 15) is 9.18 Å². The molecule has 27 heavy (non-hydrogen) atoms. The van der Waals surface area contributed by atoms with Crippen LogP contribution in [0, 0.1) is 5.82 Å². The number of carbonyl (C=O) groups excluding carboxylic acids is 1. The Morgan fingerprint density at radius 3 is 2.81 bits per heavy atom. The molecule has 0 bridgehead atoms. The molecule has 2 aromatic carbocycles. The van der Waals surface area contributed by atoms with Crippen molar-refractivity contribution in [1.29, 1.82) is 0 Å². The average Bonchev–Trinajstić information content (AvgIpc) is 3.03. The van der Waals surface area contributed by atoms with Crippen LogP contribution in [0.2, 0.25) is 0 Å². The van der Waals surface area contributed by atoms with Gasteiger partial charge >= 0.3 is 0 Å². The van der Waals surface area contributed by atoms with E-state index in [1.165, 1.54) is 18.0 Å². The van der Waals surface area contributed by atoms with Gasteiger partial charge in [-0.15, -0.1) is 0 Å². The van der Waals surface area contributed by atoms with Crippen LogP contribution in [-0.2, 0) is 13.0 Å². The molecule has 1 atom stereocenters. The normalized spacial score (nSPS) is 15.5. The summed E-state index contributed by atoms with van der Waals surface area (Å²) in [4.78, 5) is 23.0. The Hall–Kier alpha value is -3.28. The van der Waals surface area contributed by atoms with Crippen LogP contribution in [0.3, 0.4) is 0 Å². The van der Waals surface area contributed by atoms with Gasteiger partial charge in [0.1, 0.15) is 23.7 Å². The van der Waals surface area contributed by atoms with Crippen molar-refractivity contribution in [2.75, 3.05) is 4.90 Å². The Balaban J connectivity index is 1.54. The number of hydrogen-bond donors (Lipinski definition) is 1. The molecular formula is C21H19FN4O. The SMILES string of the molecule is CC1Cc2ccccc2N1c1cc(C(=O)NCc2ccccc2F)ncn1. The van der Waals surface area contributed by atoms with E-state index in [1.807, 2.05) is 12.1 Å². The van der Waals surface area contributed by atoms with Gasteiger partial charge in [0.25, 0.3) is 5.91 Å². The molecule has 3 aromatic rings. The van der Waals surface area contributed by atoms with Crippen molar-refractivity contribution in [3.8, 4) is 0 Å². The minimum atomic E-state index is -0.359. The van der Waals surface area contributed by atoms with E-state index in [1.54, 1.807) is 24.3 Å². The van der Waals surface area contributed by atoms with Crippen molar-refractivity contribution in [3.63, 3.8) is 0 Å². The van der Waals surface area contributed by atoms with E-state index in [-0.39, 0.29) is 30.0 Å². The van der Waals surface area contributed by atoms with Gasteiger partial charge in [-0.1, -0.05) is 36.4 Å². The molecule has 0 aliphatic carbocycles. The highest BCUT2D eigenvalue weighted by Gasteiger charge is 2.28. The van der Waals surface area contributed by atoms with Gasteiger partial charge in [-0.25, -0.2) is 14.4 Å². The predicted octanol–water partition coefficient (Wildman–Crippen LogP) is 3.63. The van der Waals surface area contributed by atoms with Crippen molar-refractivity contribution in [1.82, 2.24) is 15.3 Å². The summed E-state index contributed by atoms with van der Waals surface area (Å²) in [7, 11) is 0. The van der Waals surface area contributed by atoms with Crippen LogP contribution in [0.1, 0.15) is 28.5 Å². The molecule has 4 rings (SSSR count). The smallest absolute Gasteiger partial charge is 0.270 e. The first-order valence-corrected chi connectivity index (χ1v) is 8.84. The van der Waals surface area contributed by atoms with Gasteiger partial charge in [0, 0.05) is 29.9 Å². The van der Waals surface area contributed by atoms with Gasteiger partial charge in [-0.05, 0) is 31.0 Å². The molecule has 1 aliphatic heterocycles. The molecule has 136 valence electrons. The summed E-state index contributed by atoms with van der Waals surface area (Å²) in [5.41, 5.74) is 3.05. The van der Waals surface area contributed by atoms with Crippen molar-refractivity contribution >= 4 is 17.4 Å². The van der Waals surface area contributed by atoms with Gasteiger partial charge in [0.05, 0.1) is 0 Å². The number of halogens is 1. The predicted molar refractivity (Wildman–Crippen MR) is 101 cm³/mol. The Morgan fingerprint density at radius 2 is 1.96 bits per heavy atom. The van der Waals surface area contributed by atoms with Crippen LogP contribution in [0.4, 0.5) is 15.9 Å². The van der Waals surface area contributed by atoms with Crippen molar-refractivity contribution in [2.45, 2.75) is 25.9 Å². The fourth-order valence-corrected chi connectivity index (χ4v) is 3.43. The summed E-state index contributed by atoms with van der Waals surface area (Å²) in [6.07, 6.45) is 2.32. The molecule has 1 unspecified atom stereocenters. The molecule has 1 aliphatic rings. The second-order valence-corrected chi connectivity index (χ2v) is 6.59. The largest absolute Gasteiger partial charge is 0.347 e. The van der Waals surface area contributed by atoms with Gasteiger partial charge < -0.3 is 10.2 Å². The Morgan fingerprint density at radius 1 is 1.19 bits per heavy atom. The molecule has 0 spiro atoms. The van der Waals surface area contributed by atoms with Gasteiger partial charge in [-0.3, -0.25) is 4.79 Å². The first-order chi connectivity index (χ1) is 13.1. The van der Waals surface area contributed by atoms with Crippen molar-refractivity contribution < 1.29 is 9.18 Å². The molecule has 2 heterocycles. The van der Waals surface area contributed by atoms with E-state index in [4.69, 9.17) is 0 Å². The second-order valence-electron chi connectivity index (χ2n) is 6.59. The van der Waals surface area contributed by atoms with Crippen molar-refractivity contribution in [2.24, 2.45) is 0 Å². The van der Waals surface area contributed by atoms with E-state index in [0.717, 1.165) is 12.1 Å². The lowest BCUT2D eigenvalue weighted by Gasteiger charge is -2.23. The maximum Gasteiger partial charge on any atom is 0.270 e. The summed E-state index contributed by atoms with van der Waals surface area (Å²) in [6, 6.07) is 16.5. The summed E-state index contributed by atoms with van der Waals surface area (Å²) in [5.74, 6) is -0.0239. The molecule has 0 radical (unpaired) electrons. The van der Waals surface area contributed by atoms with Crippen LogP contribution in [0.5, 0.6) is 0 Å². The maximum absolute atomic E-state index is 13.7. The lowest BCUT2D eigenvalue weighted by atomic mass is 10.1. The molecule has 5 nitrogen and oxygen atoms in total. The molecule has 1 aromatic heterocycles. The first-order valence-electron chi connectivity index (χ1n) is 8.84. The number of fused-ring (bicyclic) bond motifs is 1. The van der Waals surface area contributed by atoms with Gasteiger partial charge in [-0.2, -0.15) is 0 Å². The van der Waals surface area contributed by atoms with Crippen LogP contribution in [0.25, 0.3) is 0 Å². The molecule has 0 saturated heterocycles. The second kappa shape index (κ2) is 7.15. The summed E-state index contributed by atoms with van der Waals surface area (Å²) < 4.78 is 13.7. The number of hydrogen-bond acceptors (Lipinski definition) is 4. The lowest BCUT2D eigenvalue weighted by molar-refractivity contribution is 0.0945. The highest BCUT2D eigenvalue weighted by molar-refractivity contribution is 5.93. The van der Waals surface area contributed by atoms with Crippen molar-refractivity contribution in [3.05, 3.63) is 83.6 Å². The standard InChI is InChI=1S/C21H19FN4O/c1-14-10-15-6-3-5-9-19(15)26(14)20-11-18(24-13-25-20)21(27)23-12-16-7-2-4-8-17(16)22/h2-9,11,13-14H,10,12H2,1H3,(H,23,27). The Labute approximate surface area is 156 Å². The fraction of sp³-hybridized carbons (Fsp3) is 0.190. The third-order valence-electron chi connectivity index (χ3n) is 4.74. The minimum Gasteiger partial charge on any atom is -0.347 e. The average molecular weight is 362 g/mol. The number of anilines is 2. The monoisotopic (exact) mass is 362 g/mol. The molecule has 1 N–H and O–H groups in total. The van der Waals surface area contributed by atoms with Gasteiger partial charge in [0.15, 0.2) is 0 Å². The highest BCUT2D eigenvalue weighted by Crippen LogP contribution is 2.36. The molecular weight excluding hydrogens is 343 g/mol. The number of aromatic nitrogens is 2. The summed E-state index contributed by atoms with van der Waals surface area (Å²) in [5, 5.41) is 2.72. The number of rotatable bonds is 4. The topological polar surface area (TPSA) is 58.1 Å². The van der Waals surface area contributed by atoms with Crippen LogP contribution in [0.15, 0.2) is 60.9 Å². The third kappa shape index (κ3) is 3.38. The fourth-order valence-electron chi connectivity index (χ4n) is 3.43. The molecule has 6 heteroatoms. The number of carbonyl (C=O) groups is 1. The molecule has 0 saturated carbocycles. The number of benzene rings is 2. The first kappa shape index (κ1) is 17.1. The summed E-state index contributed by atoms with van der Waals surface area (Å²) >= 11 is 0. The maximum atomic E-state index is 13.7. The Bertz CT molecular complexity index is 991. The number of nitrogens with one attached hydrogen (secondary N) is 1. The quantitative estimate of drug-likeness (QED) is 0.770. The molecule has 1 amide bonds. The van der Waals surface area contributed by atoms with Crippen LogP contribution < -0.4 is 10.2 Å². The highest BCUT2D eigenvalue weighted by atomic mass is 19.1.